The summed E-state index contributed by atoms with van der Waals surface area (Å²) in [5.74, 6) is -1.79. The minimum atomic E-state index is -3.68. The van der Waals surface area contributed by atoms with Gasteiger partial charge in [0.1, 0.15) is 0 Å². The number of sulfonamides is 1. The van der Waals surface area contributed by atoms with E-state index < -0.39 is 28.0 Å². The van der Waals surface area contributed by atoms with E-state index in [1.54, 1.807) is 19.1 Å². The van der Waals surface area contributed by atoms with E-state index in [0.29, 0.717) is 6.42 Å². The van der Waals surface area contributed by atoms with Crippen LogP contribution in [0.1, 0.15) is 25.8 Å². The van der Waals surface area contributed by atoms with E-state index in [-0.39, 0.29) is 4.90 Å². The molecule has 0 spiro atoms. The monoisotopic (exact) mass is 285 g/mol. The van der Waals surface area contributed by atoms with Crippen LogP contribution in [-0.4, -0.2) is 25.5 Å². The molecule has 0 aliphatic rings. The Morgan fingerprint density at radius 3 is 2.26 bits per heavy atom. The Bertz CT molecular complexity index is 536. The summed E-state index contributed by atoms with van der Waals surface area (Å²) in [7, 11) is -3.68. The summed E-state index contributed by atoms with van der Waals surface area (Å²) in [5.41, 5.74) is 0.963. The van der Waals surface area contributed by atoms with E-state index >= 15 is 0 Å². The van der Waals surface area contributed by atoms with E-state index in [0.717, 1.165) is 5.56 Å². The van der Waals surface area contributed by atoms with Crippen LogP contribution < -0.4 is 4.72 Å². The summed E-state index contributed by atoms with van der Waals surface area (Å²) in [6.45, 7) is 5.11. The molecule has 0 unspecified atom stereocenters. The van der Waals surface area contributed by atoms with Crippen molar-refractivity contribution in [1.82, 2.24) is 4.72 Å². The highest BCUT2D eigenvalue weighted by Gasteiger charge is 2.27. The molecule has 1 aromatic rings. The number of carboxylic acids is 1. The Labute approximate surface area is 113 Å². The fourth-order valence-corrected chi connectivity index (χ4v) is 3.10. The highest BCUT2D eigenvalue weighted by Crippen LogP contribution is 2.14. The zero-order chi connectivity index (χ0) is 14.6. The van der Waals surface area contributed by atoms with Crippen molar-refractivity contribution in [2.75, 3.05) is 0 Å². The molecule has 0 aromatic heterocycles. The number of rotatable bonds is 6. The van der Waals surface area contributed by atoms with Gasteiger partial charge in [0.05, 0.1) is 10.8 Å². The van der Waals surface area contributed by atoms with Crippen LogP contribution in [0.3, 0.4) is 0 Å². The van der Waals surface area contributed by atoms with Crippen molar-refractivity contribution in [1.29, 1.82) is 0 Å². The normalized spacial score (nSPS) is 14.9. The second kappa shape index (κ2) is 6.16. The first kappa shape index (κ1) is 15.7. The Hall–Kier alpha value is -1.40. The van der Waals surface area contributed by atoms with Gasteiger partial charge < -0.3 is 5.11 Å². The van der Waals surface area contributed by atoms with Crippen molar-refractivity contribution in [3.63, 3.8) is 0 Å². The molecule has 0 amide bonds. The van der Waals surface area contributed by atoms with Gasteiger partial charge in [0.25, 0.3) is 0 Å². The van der Waals surface area contributed by atoms with Gasteiger partial charge >= 0.3 is 5.97 Å². The van der Waals surface area contributed by atoms with Crippen molar-refractivity contribution in [2.45, 2.75) is 38.1 Å². The van der Waals surface area contributed by atoms with E-state index in [1.165, 1.54) is 19.1 Å². The first-order chi connectivity index (χ1) is 8.77. The first-order valence-corrected chi connectivity index (χ1v) is 7.58. The number of hydrogen-bond acceptors (Lipinski definition) is 3. The fourth-order valence-electron chi connectivity index (χ4n) is 1.70. The van der Waals surface area contributed by atoms with Crippen molar-refractivity contribution in [3.8, 4) is 0 Å². The maximum atomic E-state index is 12.1. The summed E-state index contributed by atoms with van der Waals surface area (Å²) in [6.07, 6.45) is 0.415. The lowest BCUT2D eigenvalue weighted by molar-refractivity contribution is -0.141. The number of aliphatic carboxylic acids is 1. The SMILES string of the molecule is CC[C@@H](NS(=O)(=O)c1ccc(C)cc1)[C@H](C)C(=O)O. The molecule has 0 heterocycles. The minimum absolute atomic E-state index is 0.147. The third kappa shape index (κ3) is 4.04. The average molecular weight is 285 g/mol. The Morgan fingerprint density at radius 2 is 1.84 bits per heavy atom. The Morgan fingerprint density at radius 1 is 1.32 bits per heavy atom. The van der Waals surface area contributed by atoms with Crippen molar-refractivity contribution in [2.24, 2.45) is 5.92 Å². The molecule has 106 valence electrons. The second-order valence-electron chi connectivity index (χ2n) is 4.58. The molecule has 0 fully saturated rings. The molecule has 5 nitrogen and oxygen atoms in total. The molecule has 0 saturated carbocycles. The third-order valence-electron chi connectivity index (χ3n) is 3.07. The van der Waals surface area contributed by atoms with Gasteiger partial charge in [0.2, 0.25) is 10.0 Å². The van der Waals surface area contributed by atoms with Gasteiger partial charge in [0.15, 0.2) is 0 Å². The highest BCUT2D eigenvalue weighted by atomic mass is 32.2. The Kier molecular flexibility index (Phi) is 5.08. The lowest BCUT2D eigenvalue weighted by atomic mass is 10.0. The zero-order valence-electron chi connectivity index (χ0n) is 11.3. The standard InChI is InChI=1S/C13H19NO4S/c1-4-12(10(3)13(15)16)14-19(17,18)11-7-5-9(2)6-8-11/h5-8,10,12,14H,4H2,1-3H3,(H,15,16)/t10-,12+/m0/s1. The zero-order valence-corrected chi connectivity index (χ0v) is 12.1. The predicted molar refractivity (Wildman–Crippen MR) is 72.4 cm³/mol. The molecule has 0 saturated heterocycles. The third-order valence-corrected chi connectivity index (χ3v) is 4.58. The molecule has 0 aliphatic carbocycles. The van der Waals surface area contributed by atoms with Crippen molar-refractivity contribution < 1.29 is 18.3 Å². The van der Waals surface area contributed by atoms with Gasteiger partial charge in [-0.15, -0.1) is 0 Å². The number of carboxylic acid groups (broad SMARTS) is 1. The lowest BCUT2D eigenvalue weighted by Gasteiger charge is -2.20. The molecule has 6 heteroatoms. The van der Waals surface area contributed by atoms with Gasteiger partial charge in [-0.2, -0.15) is 0 Å². The van der Waals surface area contributed by atoms with Gasteiger partial charge in [-0.25, -0.2) is 13.1 Å². The van der Waals surface area contributed by atoms with Crippen LogP contribution >= 0.6 is 0 Å². The molecule has 2 N–H and O–H groups in total. The van der Waals surface area contributed by atoms with Crippen LogP contribution in [-0.2, 0) is 14.8 Å². The molecule has 1 rings (SSSR count). The van der Waals surface area contributed by atoms with Crippen LogP contribution in [0.15, 0.2) is 29.2 Å². The molecule has 0 aliphatic heterocycles. The number of hydrogen-bond donors (Lipinski definition) is 2. The highest BCUT2D eigenvalue weighted by molar-refractivity contribution is 7.89. The van der Waals surface area contributed by atoms with E-state index in [1.807, 2.05) is 6.92 Å². The van der Waals surface area contributed by atoms with Crippen LogP contribution in [0.25, 0.3) is 0 Å². The number of nitrogens with one attached hydrogen (secondary N) is 1. The first-order valence-electron chi connectivity index (χ1n) is 6.09. The molecule has 2 atom stereocenters. The van der Waals surface area contributed by atoms with Gasteiger partial charge in [-0.3, -0.25) is 4.79 Å². The minimum Gasteiger partial charge on any atom is -0.481 e. The molecular formula is C13H19NO4S. The molecule has 1 aromatic carbocycles. The van der Waals surface area contributed by atoms with Crippen LogP contribution in [0.5, 0.6) is 0 Å². The average Bonchev–Trinajstić information content (AvgIpc) is 2.35. The van der Waals surface area contributed by atoms with Gasteiger partial charge in [-0.05, 0) is 25.5 Å². The number of benzene rings is 1. The van der Waals surface area contributed by atoms with Crippen LogP contribution in [0, 0.1) is 12.8 Å². The largest absolute Gasteiger partial charge is 0.481 e. The van der Waals surface area contributed by atoms with Crippen LogP contribution in [0.4, 0.5) is 0 Å². The fraction of sp³-hybridized carbons (Fsp3) is 0.462. The molecular weight excluding hydrogens is 266 g/mol. The maximum Gasteiger partial charge on any atom is 0.307 e. The van der Waals surface area contributed by atoms with E-state index in [2.05, 4.69) is 4.72 Å². The molecule has 19 heavy (non-hydrogen) atoms. The van der Waals surface area contributed by atoms with Gasteiger partial charge in [0, 0.05) is 6.04 Å². The summed E-state index contributed by atoms with van der Waals surface area (Å²) in [6, 6.07) is 5.81. The summed E-state index contributed by atoms with van der Waals surface area (Å²) >= 11 is 0. The maximum absolute atomic E-state index is 12.1. The Balaban J connectivity index is 2.95. The smallest absolute Gasteiger partial charge is 0.307 e. The van der Waals surface area contributed by atoms with Crippen LogP contribution in [0.2, 0.25) is 0 Å². The summed E-state index contributed by atoms with van der Waals surface area (Å²) in [5, 5.41) is 8.95. The number of aryl methyl sites for hydroxylation is 1. The quantitative estimate of drug-likeness (QED) is 0.834. The molecule has 0 radical (unpaired) electrons. The lowest BCUT2D eigenvalue weighted by Crippen LogP contribution is -2.41. The van der Waals surface area contributed by atoms with E-state index in [4.69, 9.17) is 5.11 Å². The molecule has 0 bridgehead atoms. The second-order valence-corrected chi connectivity index (χ2v) is 6.29. The topological polar surface area (TPSA) is 83.5 Å². The van der Waals surface area contributed by atoms with Crippen molar-refractivity contribution >= 4 is 16.0 Å². The summed E-state index contributed by atoms with van der Waals surface area (Å²) < 4.78 is 26.7. The number of carbonyl (C=O) groups is 1. The predicted octanol–water partition coefficient (Wildman–Crippen LogP) is 1.77. The summed E-state index contributed by atoms with van der Waals surface area (Å²) in [4.78, 5) is 11.1. The van der Waals surface area contributed by atoms with Crippen molar-refractivity contribution in [3.05, 3.63) is 29.8 Å². The van der Waals surface area contributed by atoms with Gasteiger partial charge in [-0.1, -0.05) is 31.5 Å². The van der Waals surface area contributed by atoms with E-state index in [9.17, 15) is 13.2 Å².